The van der Waals surface area contributed by atoms with E-state index in [9.17, 15) is 0 Å². The summed E-state index contributed by atoms with van der Waals surface area (Å²) >= 11 is 0. The molecule has 0 radical (unpaired) electrons. The Hall–Kier alpha value is -3.27. The Bertz CT molecular complexity index is 946. The van der Waals surface area contributed by atoms with Crippen LogP contribution in [0, 0.1) is 0 Å². The Morgan fingerprint density at radius 1 is 0.690 bits per heavy atom. The molecule has 4 heteroatoms. The van der Waals surface area contributed by atoms with Gasteiger partial charge in [0.25, 0.3) is 0 Å². The van der Waals surface area contributed by atoms with E-state index < -0.39 is 0 Å². The molecule has 29 heavy (non-hydrogen) atoms. The molecule has 3 aromatic carbocycles. The third-order valence-electron chi connectivity index (χ3n) is 5.07. The minimum Gasteiger partial charge on any atom is -0.259 e. The van der Waals surface area contributed by atoms with Crippen molar-refractivity contribution < 1.29 is 0 Å². The van der Waals surface area contributed by atoms with E-state index in [1.807, 2.05) is 28.4 Å². The van der Waals surface area contributed by atoms with Gasteiger partial charge in [0.15, 0.2) is 5.84 Å². The zero-order valence-electron chi connectivity index (χ0n) is 17.2. The van der Waals surface area contributed by atoms with Gasteiger partial charge in [-0.05, 0) is 48.2 Å². The van der Waals surface area contributed by atoms with E-state index in [0.717, 1.165) is 48.5 Å². The van der Waals surface area contributed by atoms with Crippen LogP contribution in [-0.2, 0) is 12.8 Å². The summed E-state index contributed by atoms with van der Waals surface area (Å²) in [5, 5.41) is 8.83. The van der Waals surface area contributed by atoms with Crippen LogP contribution in [0.4, 0.5) is 11.4 Å². The molecule has 4 nitrogen and oxygen atoms in total. The van der Waals surface area contributed by atoms with Crippen LogP contribution in [0.5, 0.6) is 0 Å². The van der Waals surface area contributed by atoms with E-state index in [2.05, 4.69) is 79.9 Å². The van der Waals surface area contributed by atoms with Crippen LogP contribution in [0.3, 0.4) is 0 Å². The zero-order chi connectivity index (χ0) is 20.1. The third-order valence-corrected chi connectivity index (χ3v) is 5.07. The molecule has 0 aromatic heterocycles. The first-order valence-corrected chi connectivity index (χ1v) is 10.5. The number of hydrazone groups is 1. The maximum absolute atomic E-state index is 4.89. The first-order chi connectivity index (χ1) is 14.3. The first-order valence-electron chi connectivity index (χ1n) is 10.5. The Labute approximate surface area is 173 Å². The summed E-state index contributed by atoms with van der Waals surface area (Å²) in [6.07, 6.45) is 4.50. The van der Waals surface area contributed by atoms with E-state index in [1.54, 1.807) is 0 Å². The van der Waals surface area contributed by atoms with Gasteiger partial charge in [-0.1, -0.05) is 81.3 Å². The molecule has 0 spiro atoms. The highest BCUT2D eigenvalue weighted by Crippen LogP contribution is 2.27. The Morgan fingerprint density at radius 3 is 1.79 bits per heavy atom. The molecule has 0 aliphatic carbocycles. The molecule has 1 aliphatic heterocycles. The van der Waals surface area contributed by atoms with Crippen LogP contribution < -0.4 is 15.7 Å². The van der Waals surface area contributed by atoms with Gasteiger partial charge in [-0.15, -0.1) is 5.10 Å². The molecule has 0 fully saturated rings. The normalized spacial score (nSPS) is 13.4. The minimum absolute atomic E-state index is 0.834. The lowest BCUT2D eigenvalue weighted by Crippen LogP contribution is -2.44. The number of aryl methyl sites for hydroxylation is 2. The van der Waals surface area contributed by atoms with Crippen LogP contribution in [0.1, 0.15) is 43.4 Å². The van der Waals surface area contributed by atoms with E-state index >= 15 is 0 Å². The van der Waals surface area contributed by atoms with Crippen molar-refractivity contribution in [2.75, 3.05) is 10.2 Å². The molecular formula is C25H28N4. The number of hydrazine groups is 2. The van der Waals surface area contributed by atoms with Crippen molar-refractivity contribution in [1.82, 2.24) is 5.43 Å². The maximum atomic E-state index is 4.89. The summed E-state index contributed by atoms with van der Waals surface area (Å²) in [6.45, 7) is 4.42. The molecule has 0 atom stereocenters. The number of benzene rings is 3. The second-order valence-corrected chi connectivity index (χ2v) is 7.36. The zero-order valence-corrected chi connectivity index (χ0v) is 17.2. The minimum atomic E-state index is 0.834. The fraction of sp³-hybridized carbons (Fsp3) is 0.240. The van der Waals surface area contributed by atoms with E-state index in [-0.39, 0.29) is 0 Å². The van der Waals surface area contributed by atoms with Crippen LogP contribution in [-0.4, -0.2) is 5.84 Å². The predicted molar refractivity (Wildman–Crippen MR) is 122 cm³/mol. The molecule has 1 N–H and O–H groups in total. The summed E-state index contributed by atoms with van der Waals surface area (Å²) in [5.41, 5.74) is 9.32. The Kier molecular flexibility index (Phi) is 5.80. The van der Waals surface area contributed by atoms with Crippen molar-refractivity contribution in [3.63, 3.8) is 0 Å². The largest absolute Gasteiger partial charge is 0.259 e. The third kappa shape index (κ3) is 4.27. The maximum Gasteiger partial charge on any atom is 0.176 e. The summed E-state index contributed by atoms with van der Waals surface area (Å²) in [7, 11) is 0. The monoisotopic (exact) mass is 384 g/mol. The van der Waals surface area contributed by atoms with Crippen molar-refractivity contribution in [2.24, 2.45) is 5.10 Å². The molecule has 1 aliphatic rings. The van der Waals surface area contributed by atoms with E-state index in [0.29, 0.717) is 0 Å². The van der Waals surface area contributed by atoms with E-state index in [4.69, 9.17) is 5.10 Å². The van der Waals surface area contributed by atoms with Gasteiger partial charge < -0.3 is 0 Å². The first kappa shape index (κ1) is 19.1. The summed E-state index contributed by atoms with van der Waals surface area (Å²) in [5.74, 6) is 0.834. The van der Waals surface area contributed by atoms with Crippen molar-refractivity contribution >= 4 is 17.2 Å². The van der Waals surface area contributed by atoms with Gasteiger partial charge in [-0.25, -0.2) is 0 Å². The number of hydrogen-bond donors (Lipinski definition) is 1. The van der Waals surface area contributed by atoms with Gasteiger partial charge in [-0.2, -0.15) is 10.2 Å². The van der Waals surface area contributed by atoms with Crippen LogP contribution in [0.25, 0.3) is 0 Å². The number of amidine groups is 1. The smallest absolute Gasteiger partial charge is 0.176 e. The number of hydrogen-bond acceptors (Lipinski definition) is 4. The summed E-state index contributed by atoms with van der Waals surface area (Å²) < 4.78 is 0. The lowest BCUT2D eigenvalue weighted by atomic mass is 10.1. The molecule has 148 valence electrons. The van der Waals surface area contributed by atoms with Crippen LogP contribution >= 0.6 is 0 Å². The average Bonchev–Trinajstić information content (AvgIpc) is 3.21. The van der Waals surface area contributed by atoms with Crippen molar-refractivity contribution in [1.29, 1.82) is 0 Å². The fourth-order valence-electron chi connectivity index (χ4n) is 3.55. The molecule has 4 rings (SSSR count). The van der Waals surface area contributed by atoms with E-state index in [1.165, 1.54) is 11.1 Å². The van der Waals surface area contributed by atoms with Crippen molar-refractivity contribution in [2.45, 2.75) is 39.5 Å². The highest BCUT2D eigenvalue weighted by molar-refractivity contribution is 6.02. The highest BCUT2D eigenvalue weighted by Gasteiger charge is 2.26. The SMILES string of the molecule is CCCc1ccc(N2N=C(c3ccccc3)NN2c2ccc(CCC)cc2)cc1. The lowest BCUT2D eigenvalue weighted by Gasteiger charge is -2.28. The molecule has 0 saturated heterocycles. The molecule has 3 aromatic rings. The number of rotatable bonds is 7. The van der Waals surface area contributed by atoms with Crippen LogP contribution in [0.15, 0.2) is 84.0 Å². The molecule has 0 unspecified atom stereocenters. The average molecular weight is 385 g/mol. The second kappa shape index (κ2) is 8.82. The molecular weight excluding hydrogens is 356 g/mol. The van der Waals surface area contributed by atoms with Gasteiger partial charge >= 0.3 is 0 Å². The van der Waals surface area contributed by atoms with Gasteiger partial charge in [-0.3, -0.25) is 5.43 Å². The Balaban J connectivity index is 1.66. The molecule has 1 heterocycles. The molecule has 0 saturated carbocycles. The Morgan fingerprint density at radius 2 is 1.24 bits per heavy atom. The summed E-state index contributed by atoms with van der Waals surface area (Å²) in [6, 6.07) is 27.6. The van der Waals surface area contributed by atoms with Crippen LogP contribution in [0.2, 0.25) is 0 Å². The predicted octanol–water partition coefficient (Wildman–Crippen LogP) is 5.70. The van der Waals surface area contributed by atoms with Crippen molar-refractivity contribution in [3.8, 4) is 0 Å². The molecule has 0 bridgehead atoms. The van der Waals surface area contributed by atoms with Gasteiger partial charge in [0.05, 0.1) is 11.4 Å². The second-order valence-electron chi connectivity index (χ2n) is 7.36. The van der Waals surface area contributed by atoms with Gasteiger partial charge in [0.1, 0.15) is 0 Å². The lowest BCUT2D eigenvalue weighted by molar-refractivity contribution is 0.769. The summed E-state index contributed by atoms with van der Waals surface area (Å²) in [4.78, 5) is 0. The highest BCUT2D eigenvalue weighted by atomic mass is 15.9. The molecule has 0 amide bonds. The van der Waals surface area contributed by atoms with Gasteiger partial charge in [0, 0.05) is 5.56 Å². The number of nitrogens with one attached hydrogen (secondary N) is 1. The fourth-order valence-corrected chi connectivity index (χ4v) is 3.55. The number of nitrogens with zero attached hydrogens (tertiary/aromatic N) is 3. The van der Waals surface area contributed by atoms with Crippen molar-refractivity contribution in [3.05, 3.63) is 95.6 Å². The standard InChI is InChI=1S/C25H28N4/c1-3-8-20-12-16-23(17-13-20)28-26-25(22-10-6-5-7-11-22)27-29(28)24-18-14-21(9-4-2)15-19-24/h5-7,10-19H,3-4,8-9H2,1-2H3,(H,26,27). The quantitative estimate of drug-likeness (QED) is 0.567. The number of anilines is 2. The topological polar surface area (TPSA) is 30.9 Å². The van der Waals surface area contributed by atoms with Gasteiger partial charge in [0.2, 0.25) is 0 Å².